The highest BCUT2D eigenvalue weighted by molar-refractivity contribution is 6.39. The molecule has 0 bridgehead atoms. The van der Waals surface area contributed by atoms with Gasteiger partial charge in [0.25, 0.3) is 0 Å². The summed E-state index contributed by atoms with van der Waals surface area (Å²) in [5.74, 6) is 0.522. The summed E-state index contributed by atoms with van der Waals surface area (Å²) in [6.45, 7) is 4.47. The number of phenols is 2. The van der Waals surface area contributed by atoms with Gasteiger partial charge in [-0.3, -0.25) is 0 Å². The summed E-state index contributed by atoms with van der Waals surface area (Å²) in [6, 6.07) is 9.49. The maximum atomic E-state index is 9.69. The zero-order valence-electron chi connectivity index (χ0n) is 16.7. The highest BCUT2D eigenvalue weighted by atomic mass is 16.5. The quantitative estimate of drug-likeness (QED) is 0.294. The minimum Gasteiger partial charge on any atom is -0.504 e. The molecule has 0 aliphatic heterocycles. The average molecular weight is 412 g/mol. The molecule has 158 valence electrons. The van der Waals surface area contributed by atoms with Crippen LogP contribution in [0.15, 0.2) is 56.8 Å². The molecule has 6 N–H and O–H groups in total. The Kier molecular flexibility index (Phi) is 8.18. The van der Waals surface area contributed by atoms with E-state index in [1.165, 1.54) is 24.6 Å². The van der Waals surface area contributed by atoms with Gasteiger partial charge in [0.15, 0.2) is 34.7 Å². The van der Waals surface area contributed by atoms with Crippen LogP contribution in [0, 0.1) is 0 Å². The number of hydrogen-bond acceptors (Lipinski definition) is 8. The third-order valence-corrected chi connectivity index (χ3v) is 3.57. The van der Waals surface area contributed by atoms with Crippen molar-refractivity contribution in [3.8, 4) is 23.0 Å². The van der Waals surface area contributed by atoms with E-state index in [9.17, 15) is 10.2 Å². The number of nitrogens with zero attached hydrogens (tertiary/aromatic N) is 4. The van der Waals surface area contributed by atoms with Crippen LogP contribution >= 0.6 is 0 Å². The van der Waals surface area contributed by atoms with E-state index in [1.807, 2.05) is 13.8 Å². The topological polar surface area (TPSA) is 160 Å². The molecular formula is C20H24N6O4. The molecule has 2 rings (SSSR count). The summed E-state index contributed by atoms with van der Waals surface area (Å²) in [7, 11) is 0. The van der Waals surface area contributed by atoms with Crippen molar-refractivity contribution in [3.05, 3.63) is 47.5 Å². The van der Waals surface area contributed by atoms with E-state index in [0.717, 1.165) is 0 Å². The van der Waals surface area contributed by atoms with Gasteiger partial charge in [-0.2, -0.15) is 10.2 Å². The first kappa shape index (κ1) is 22.2. The second-order valence-corrected chi connectivity index (χ2v) is 5.78. The van der Waals surface area contributed by atoms with Gasteiger partial charge in [-0.25, -0.2) is 0 Å². The number of amidine groups is 2. The zero-order valence-corrected chi connectivity index (χ0v) is 16.7. The van der Waals surface area contributed by atoms with Gasteiger partial charge in [0.2, 0.25) is 0 Å². The van der Waals surface area contributed by atoms with Crippen LogP contribution in [0.25, 0.3) is 0 Å². The minimum atomic E-state index is -0.118. The third-order valence-electron chi connectivity index (χ3n) is 3.57. The van der Waals surface area contributed by atoms with Crippen molar-refractivity contribution in [2.24, 2.45) is 31.9 Å². The summed E-state index contributed by atoms with van der Waals surface area (Å²) in [5, 5.41) is 34.6. The normalized spacial score (nSPS) is 12.6. The van der Waals surface area contributed by atoms with E-state index >= 15 is 0 Å². The van der Waals surface area contributed by atoms with E-state index in [-0.39, 0.29) is 23.2 Å². The van der Waals surface area contributed by atoms with Gasteiger partial charge in [0, 0.05) is 0 Å². The summed E-state index contributed by atoms with van der Waals surface area (Å²) in [5.41, 5.74) is 12.8. The van der Waals surface area contributed by atoms with Crippen molar-refractivity contribution in [3.63, 3.8) is 0 Å². The molecule has 10 nitrogen and oxygen atoms in total. The zero-order chi connectivity index (χ0) is 21.9. The van der Waals surface area contributed by atoms with Crippen molar-refractivity contribution in [1.82, 2.24) is 0 Å². The highest BCUT2D eigenvalue weighted by Crippen LogP contribution is 2.26. The standard InChI is InChI=1S/C20H24N6O4/c1-3-29-17-9-13(5-7-15(17)27)11-23-25-19(21)20(22)26-24-12-14-6-8-16(28)18(10-14)30-4-2/h5-12,27-28H,3-4H2,1-2H3,(H2,21,25)(H2,22,26)/b23-11-,24-12+. The van der Waals surface area contributed by atoms with E-state index in [4.69, 9.17) is 20.9 Å². The molecular weight excluding hydrogens is 388 g/mol. The van der Waals surface area contributed by atoms with Gasteiger partial charge >= 0.3 is 0 Å². The van der Waals surface area contributed by atoms with E-state index in [0.29, 0.717) is 35.8 Å². The molecule has 0 aliphatic rings. The molecule has 2 aromatic carbocycles. The number of nitrogens with two attached hydrogens (primary N) is 2. The third kappa shape index (κ3) is 6.51. The number of aromatic hydroxyl groups is 2. The lowest BCUT2D eigenvalue weighted by molar-refractivity contribution is 0.318. The summed E-state index contributed by atoms with van der Waals surface area (Å²) >= 11 is 0. The molecule has 2 aromatic rings. The highest BCUT2D eigenvalue weighted by Gasteiger charge is 2.03. The van der Waals surface area contributed by atoms with E-state index in [1.54, 1.807) is 24.3 Å². The maximum absolute atomic E-state index is 9.69. The molecule has 0 aliphatic carbocycles. The average Bonchev–Trinajstić information content (AvgIpc) is 2.72. The predicted molar refractivity (Wildman–Crippen MR) is 117 cm³/mol. The second-order valence-electron chi connectivity index (χ2n) is 5.78. The summed E-state index contributed by atoms with van der Waals surface area (Å²) < 4.78 is 10.6. The minimum absolute atomic E-state index is 0.0354. The lowest BCUT2D eigenvalue weighted by Gasteiger charge is -2.05. The molecule has 0 saturated carbocycles. The van der Waals surface area contributed by atoms with E-state index in [2.05, 4.69) is 20.4 Å². The first-order valence-corrected chi connectivity index (χ1v) is 9.09. The van der Waals surface area contributed by atoms with Crippen LogP contribution in [0.4, 0.5) is 0 Å². The van der Waals surface area contributed by atoms with Crippen LogP contribution in [-0.4, -0.2) is 47.5 Å². The Morgan fingerprint density at radius 3 is 1.57 bits per heavy atom. The second kappa shape index (κ2) is 11.1. The Bertz CT molecular complexity index is 906. The Morgan fingerprint density at radius 2 is 1.20 bits per heavy atom. The van der Waals surface area contributed by atoms with Crippen LogP contribution in [-0.2, 0) is 0 Å². The van der Waals surface area contributed by atoms with Crippen molar-refractivity contribution in [1.29, 1.82) is 0 Å². The number of phenolic OH excluding ortho intramolecular Hbond substituents is 2. The first-order valence-electron chi connectivity index (χ1n) is 9.09. The van der Waals surface area contributed by atoms with Crippen LogP contribution in [0.5, 0.6) is 23.0 Å². The fourth-order valence-corrected chi connectivity index (χ4v) is 2.18. The van der Waals surface area contributed by atoms with Gasteiger partial charge in [-0.1, -0.05) is 0 Å². The van der Waals surface area contributed by atoms with Gasteiger partial charge in [0.1, 0.15) is 0 Å². The molecule has 0 spiro atoms. The number of ether oxygens (including phenoxy) is 2. The molecule has 0 aromatic heterocycles. The molecule has 0 heterocycles. The Hall–Kier alpha value is -4.08. The van der Waals surface area contributed by atoms with E-state index < -0.39 is 0 Å². The predicted octanol–water partition coefficient (Wildman–Crippen LogP) is 1.98. The van der Waals surface area contributed by atoms with Crippen molar-refractivity contribution in [2.45, 2.75) is 13.8 Å². The Labute approximate surface area is 173 Å². The summed E-state index contributed by atoms with van der Waals surface area (Å²) in [6.07, 6.45) is 2.86. The molecule has 0 saturated heterocycles. The van der Waals surface area contributed by atoms with Gasteiger partial charge in [-0.15, -0.1) is 10.2 Å². The smallest absolute Gasteiger partial charge is 0.190 e. The fraction of sp³-hybridized carbons (Fsp3) is 0.200. The molecule has 30 heavy (non-hydrogen) atoms. The molecule has 0 radical (unpaired) electrons. The van der Waals surface area contributed by atoms with Gasteiger partial charge in [0.05, 0.1) is 25.6 Å². The molecule has 0 amide bonds. The lowest BCUT2D eigenvalue weighted by Crippen LogP contribution is -2.30. The fourth-order valence-electron chi connectivity index (χ4n) is 2.18. The number of benzene rings is 2. The monoisotopic (exact) mass is 412 g/mol. The molecule has 0 atom stereocenters. The Balaban J connectivity index is 2.05. The van der Waals surface area contributed by atoms with Crippen LogP contribution in [0.2, 0.25) is 0 Å². The maximum Gasteiger partial charge on any atom is 0.190 e. The molecule has 0 unspecified atom stereocenters. The molecule has 0 fully saturated rings. The number of hydrogen-bond donors (Lipinski definition) is 4. The van der Waals surface area contributed by atoms with Crippen molar-refractivity contribution in [2.75, 3.05) is 13.2 Å². The largest absolute Gasteiger partial charge is 0.504 e. The van der Waals surface area contributed by atoms with Crippen LogP contribution in [0.3, 0.4) is 0 Å². The first-order chi connectivity index (χ1) is 14.4. The molecule has 10 heteroatoms. The van der Waals surface area contributed by atoms with Crippen LogP contribution < -0.4 is 20.9 Å². The summed E-state index contributed by atoms with van der Waals surface area (Å²) in [4.78, 5) is 0. The SMILES string of the molecule is CCOc1cc(/C=N\N=C(N)C(N)=N/N=C/c2ccc(O)c(OCC)c2)ccc1O. The number of rotatable bonds is 8. The lowest BCUT2D eigenvalue weighted by atomic mass is 10.2. The van der Waals surface area contributed by atoms with Crippen LogP contribution in [0.1, 0.15) is 25.0 Å². The van der Waals surface area contributed by atoms with Gasteiger partial charge < -0.3 is 31.2 Å². The van der Waals surface area contributed by atoms with Crippen molar-refractivity contribution < 1.29 is 19.7 Å². The van der Waals surface area contributed by atoms with Gasteiger partial charge in [-0.05, 0) is 61.4 Å². The Morgan fingerprint density at radius 1 is 0.800 bits per heavy atom. The van der Waals surface area contributed by atoms with Crippen molar-refractivity contribution >= 4 is 24.1 Å².